The summed E-state index contributed by atoms with van der Waals surface area (Å²) in [5.41, 5.74) is 0.751. The number of fused-ring (bicyclic) bond motifs is 1. The maximum Gasteiger partial charge on any atom is 0.338 e. The molecular formula is C30H24BrCl2N3O8S. The average molecular weight is 737 g/mol. The molecule has 5 rings (SSSR count). The summed E-state index contributed by atoms with van der Waals surface area (Å²) in [6.45, 7) is 5.77. The van der Waals surface area contributed by atoms with Crippen LogP contribution in [0.5, 0.6) is 11.5 Å². The van der Waals surface area contributed by atoms with E-state index < -0.39 is 22.5 Å². The molecule has 1 aliphatic heterocycles. The van der Waals surface area contributed by atoms with Crippen LogP contribution in [-0.2, 0) is 9.53 Å². The van der Waals surface area contributed by atoms with Crippen molar-refractivity contribution in [3.05, 3.63) is 103 Å². The Morgan fingerprint density at radius 3 is 2.60 bits per heavy atom. The van der Waals surface area contributed by atoms with Crippen LogP contribution in [0.1, 0.15) is 38.1 Å². The second-order valence-corrected chi connectivity index (χ2v) is 12.2. The Labute approximate surface area is 278 Å². The standard InChI is InChI=1S/C30H24BrCl2N3O8S/c1-5-42-24-12-18(31)16(11-23(24)41-4)27-26(29(38)43-6-2)14(3)34-30-35(27)28(37)25(45-30)9-15-7-8-22(44-15)17-10-20(33)21(36(39)40)13-19(17)32/h7-13,27H,5-6H2,1-4H3/b25-9+/t27-/m0/s1. The van der Waals surface area contributed by atoms with Gasteiger partial charge in [-0.25, -0.2) is 9.79 Å². The highest BCUT2D eigenvalue weighted by molar-refractivity contribution is 9.10. The Kier molecular flexibility index (Phi) is 9.54. The summed E-state index contributed by atoms with van der Waals surface area (Å²) in [6.07, 6.45) is 1.54. The molecule has 1 atom stereocenters. The lowest BCUT2D eigenvalue weighted by Gasteiger charge is -2.26. The van der Waals surface area contributed by atoms with Gasteiger partial charge in [-0.3, -0.25) is 19.5 Å². The van der Waals surface area contributed by atoms with E-state index in [1.807, 2.05) is 6.92 Å². The molecule has 0 aliphatic carbocycles. The Balaban J connectivity index is 1.66. The molecule has 0 saturated carbocycles. The first-order valence-electron chi connectivity index (χ1n) is 13.4. The molecule has 45 heavy (non-hydrogen) atoms. The lowest BCUT2D eigenvalue weighted by molar-refractivity contribution is -0.384. The molecule has 0 spiro atoms. The number of nitrogens with zero attached hydrogens (tertiary/aromatic N) is 3. The van der Waals surface area contributed by atoms with Gasteiger partial charge in [-0.15, -0.1) is 0 Å². The molecule has 0 amide bonds. The molecule has 0 fully saturated rings. The maximum absolute atomic E-state index is 14.0. The zero-order chi connectivity index (χ0) is 32.6. The molecule has 0 unspecified atom stereocenters. The quantitative estimate of drug-likeness (QED) is 0.109. The number of ether oxygens (including phenoxy) is 3. The minimum Gasteiger partial charge on any atom is -0.493 e. The number of thiazole rings is 1. The third kappa shape index (κ3) is 6.17. The van der Waals surface area contributed by atoms with Crippen molar-refractivity contribution in [1.29, 1.82) is 0 Å². The number of rotatable bonds is 9. The van der Waals surface area contributed by atoms with Gasteiger partial charge in [-0.1, -0.05) is 50.5 Å². The van der Waals surface area contributed by atoms with Crippen molar-refractivity contribution in [3.63, 3.8) is 0 Å². The lowest BCUT2D eigenvalue weighted by Crippen LogP contribution is -2.40. The number of nitro benzene ring substituents is 1. The highest BCUT2D eigenvalue weighted by atomic mass is 79.9. The molecule has 15 heteroatoms. The van der Waals surface area contributed by atoms with Crippen molar-refractivity contribution in [2.75, 3.05) is 20.3 Å². The van der Waals surface area contributed by atoms with E-state index in [2.05, 4.69) is 20.9 Å². The van der Waals surface area contributed by atoms with Crippen LogP contribution in [0.4, 0.5) is 5.69 Å². The summed E-state index contributed by atoms with van der Waals surface area (Å²) in [7, 11) is 1.50. The molecule has 0 radical (unpaired) electrons. The minimum atomic E-state index is -0.908. The summed E-state index contributed by atoms with van der Waals surface area (Å²) in [6, 6.07) is 8.27. The SMILES string of the molecule is CCOC(=O)C1=C(C)N=c2s/c(=C/c3ccc(-c4cc(Cl)c([N+](=O)[O-])cc4Cl)o3)c(=O)n2[C@H]1c1cc(OC)c(OCC)cc1Br. The van der Waals surface area contributed by atoms with Gasteiger partial charge in [0.1, 0.15) is 16.5 Å². The van der Waals surface area contributed by atoms with Gasteiger partial charge in [0.2, 0.25) is 0 Å². The van der Waals surface area contributed by atoms with E-state index in [9.17, 15) is 19.7 Å². The van der Waals surface area contributed by atoms with Gasteiger partial charge < -0.3 is 18.6 Å². The third-order valence-corrected chi connectivity index (χ3v) is 9.08. The molecule has 234 valence electrons. The second kappa shape index (κ2) is 13.2. The summed E-state index contributed by atoms with van der Waals surface area (Å²) in [5.74, 6) is 0.905. The molecule has 4 aromatic rings. The molecule has 3 heterocycles. The van der Waals surface area contributed by atoms with Crippen molar-refractivity contribution < 1.29 is 28.3 Å². The van der Waals surface area contributed by atoms with E-state index in [0.717, 1.165) is 17.4 Å². The molecular weight excluding hydrogens is 713 g/mol. The molecule has 0 saturated heterocycles. The Morgan fingerprint density at radius 2 is 1.93 bits per heavy atom. The molecule has 11 nitrogen and oxygen atoms in total. The van der Waals surface area contributed by atoms with Crippen molar-refractivity contribution in [3.8, 4) is 22.8 Å². The first-order chi connectivity index (χ1) is 21.5. The van der Waals surface area contributed by atoms with Crippen LogP contribution in [-0.4, -0.2) is 35.8 Å². The molecule has 0 bridgehead atoms. The van der Waals surface area contributed by atoms with Crippen molar-refractivity contribution >= 4 is 68.2 Å². The van der Waals surface area contributed by atoms with Gasteiger partial charge in [0, 0.05) is 22.2 Å². The smallest absolute Gasteiger partial charge is 0.338 e. The van der Waals surface area contributed by atoms with E-state index in [-0.39, 0.29) is 32.4 Å². The Morgan fingerprint density at radius 1 is 1.18 bits per heavy atom. The average Bonchev–Trinajstić information content (AvgIpc) is 3.57. The first kappa shape index (κ1) is 32.5. The number of nitro groups is 1. The fourth-order valence-electron chi connectivity index (χ4n) is 4.84. The summed E-state index contributed by atoms with van der Waals surface area (Å²) < 4.78 is 24.9. The summed E-state index contributed by atoms with van der Waals surface area (Å²) in [4.78, 5) is 42.9. The number of hydrogen-bond acceptors (Lipinski definition) is 10. The van der Waals surface area contributed by atoms with Crippen LogP contribution in [0.15, 0.2) is 66.3 Å². The molecule has 2 aromatic carbocycles. The topological polar surface area (TPSA) is 135 Å². The van der Waals surface area contributed by atoms with E-state index in [4.69, 9.17) is 41.8 Å². The molecule has 0 N–H and O–H groups in total. The predicted octanol–water partition coefficient (Wildman–Crippen LogP) is 6.44. The number of methoxy groups -OCH3 is 1. The van der Waals surface area contributed by atoms with Gasteiger partial charge in [0.25, 0.3) is 11.2 Å². The van der Waals surface area contributed by atoms with Gasteiger partial charge in [-0.2, -0.15) is 0 Å². The normalized spacial score (nSPS) is 14.6. The van der Waals surface area contributed by atoms with Crippen LogP contribution in [0.3, 0.4) is 0 Å². The van der Waals surface area contributed by atoms with E-state index in [0.29, 0.717) is 55.7 Å². The fourth-order valence-corrected chi connectivity index (χ4v) is 6.89. The number of carbonyl (C=O) groups is 1. The minimum absolute atomic E-state index is 0.0738. The summed E-state index contributed by atoms with van der Waals surface area (Å²) in [5, 5.41) is 11.2. The number of hydrogen-bond donors (Lipinski definition) is 0. The van der Waals surface area contributed by atoms with Crippen molar-refractivity contribution in [2.45, 2.75) is 26.8 Å². The first-order valence-corrected chi connectivity index (χ1v) is 15.8. The number of furan rings is 1. The molecule has 1 aliphatic rings. The fraction of sp³-hybridized carbons (Fsp3) is 0.233. The van der Waals surface area contributed by atoms with E-state index >= 15 is 0 Å². The number of allylic oxidation sites excluding steroid dienone is 1. The Bertz CT molecular complexity index is 2070. The number of halogens is 3. The van der Waals surface area contributed by atoms with Crippen molar-refractivity contribution in [2.24, 2.45) is 4.99 Å². The van der Waals surface area contributed by atoms with E-state index in [1.165, 1.54) is 17.7 Å². The Hall–Kier alpha value is -3.91. The highest BCUT2D eigenvalue weighted by Gasteiger charge is 2.35. The highest BCUT2D eigenvalue weighted by Crippen LogP contribution is 2.41. The monoisotopic (exact) mass is 735 g/mol. The van der Waals surface area contributed by atoms with Gasteiger partial charge >= 0.3 is 5.97 Å². The van der Waals surface area contributed by atoms with Crippen LogP contribution in [0.25, 0.3) is 17.4 Å². The van der Waals surface area contributed by atoms with Gasteiger partial charge in [-0.05, 0) is 56.7 Å². The lowest BCUT2D eigenvalue weighted by atomic mass is 9.95. The number of benzene rings is 2. The number of aromatic nitrogens is 1. The maximum atomic E-state index is 14.0. The van der Waals surface area contributed by atoms with E-state index in [1.54, 1.807) is 44.2 Å². The zero-order valence-electron chi connectivity index (χ0n) is 24.2. The molecule has 2 aromatic heterocycles. The van der Waals surface area contributed by atoms with Crippen LogP contribution >= 0.6 is 50.5 Å². The van der Waals surface area contributed by atoms with Gasteiger partial charge in [0.15, 0.2) is 16.3 Å². The number of carbonyl (C=O) groups excluding carboxylic acids is 1. The zero-order valence-corrected chi connectivity index (χ0v) is 28.1. The van der Waals surface area contributed by atoms with Crippen LogP contribution in [0.2, 0.25) is 10.0 Å². The van der Waals surface area contributed by atoms with Crippen LogP contribution in [0, 0.1) is 10.1 Å². The third-order valence-electron chi connectivity index (χ3n) is 6.79. The second-order valence-electron chi connectivity index (χ2n) is 9.50. The van der Waals surface area contributed by atoms with Crippen LogP contribution < -0.4 is 24.4 Å². The summed E-state index contributed by atoms with van der Waals surface area (Å²) >= 11 is 17.1. The number of esters is 1. The largest absolute Gasteiger partial charge is 0.493 e. The van der Waals surface area contributed by atoms with Gasteiger partial charge in [0.05, 0.1) is 52.1 Å². The predicted molar refractivity (Wildman–Crippen MR) is 173 cm³/mol. The van der Waals surface area contributed by atoms with Crippen molar-refractivity contribution in [1.82, 2.24) is 4.57 Å².